The van der Waals surface area contributed by atoms with Crippen LogP contribution in [0.25, 0.3) is 0 Å². The molecule has 2 aromatic rings. The highest BCUT2D eigenvalue weighted by atomic mass is 35.5. The van der Waals surface area contributed by atoms with Crippen LogP contribution in [-0.2, 0) is 0 Å². The Morgan fingerprint density at radius 1 is 1.17 bits per heavy atom. The van der Waals surface area contributed by atoms with E-state index in [-0.39, 0.29) is 17.9 Å². The molecule has 23 heavy (non-hydrogen) atoms. The van der Waals surface area contributed by atoms with Gasteiger partial charge in [0.25, 0.3) is 5.69 Å². The van der Waals surface area contributed by atoms with E-state index < -0.39 is 4.92 Å². The highest BCUT2D eigenvalue weighted by Crippen LogP contribution is 2.35. The van der Waals surface area contributed by atoms with E-state index in [9.17, 15) is 10.1 Å². The van der Waals surface area contributed by atoms with Crippen molar-refractivity contribution in [3.63, 3.8) is 0 Å². The number of hydrogen-bond acceptors (Lipinski definition) is 6. The van der Waals surface area contributed by atoms with Gasteiger partial charge in [0.15, 0.2) is 5.69 Å². The molecule has 0 aliphatic carbocycles. The summed E-state index contributed by atoms with van der Waals surface area (Å²) in [5.74, 6) is 5.76. The lowest BCUT2D eigenvalue weighted by atomic mass is 10.00. The number of hydrogen-bond donors (Lipinski definition) is 2. The maximum absolute atomic E-state index is 11.3. The highest BCUT2D eigenvalue weighted by molar-refractivity contribution is 6.36. The summed E-state index contributed by atoms with van der Waals surface area (Å²) in [6.07, 6.45) is 0. The molecule has 0 atom stereocenters. The molecule has 0 saturated carbocycles. The first-order chi connectivity index (χ1) is 11.1. The van der Waals surface area contributed by atoms with Crippen LogP contribution in [0.4, 0.5) is 11.4 Å². The summed E-state index contributed by atoms with van der Waals surface area (Å²) in [5, 5.41) is 11.8. The first-order valence-corrected chi connectivity index (χ1v) is 7.11. The summed E-state index contributed by atoms with van der Waals surface area (Å²) >= 11 is 6.26. The number of benzene rings is 2. The molecule has 0 amide bonds. The molecule has 116 valence electrons. The third-order valence-corrected chi connectivity index (χ3v) is 3.73. The molecule has 0 radical (unpaired) electrons. The van der Waals surface area contributed by atoms with Gasteiger partial charge in [-0.15, -0.1) is 0 Å². The standard InChI is InChI=1S/C15H12ClN5O2/c16-11-6-2-1-4-9(11)14-10-5-3-7-12(21(22)23)15(10)19-13(20-17)8-18-14/h1-7H,8,17H2,(H,19,20). The van der Waals surface area contributed by atoms with Crippen molar-refractivity contribution in [1.82, 2.24) is 5.43 Å². The van der Waals surface area contributed by atoms with Crippen molar-refractivity contribution in [3.8, 4) is 0 Å². The van der Waals surface area contributed by atoms with E-state index in [1.807, 2.05) is 12.1 Å². The molecule has 8 heteroatoms. The normalized spacial score (nSPS) is 13.5. The van der Waals surface area contributed by atoms with E-state index >= 15 is 0 Å². The molecular weight excluding hydrogens is 318 g/mol. The number of nitro benzene ring substituents is 1. The molecule has 0 saturated heterocycles. The number of aliphatic imine (C=N–C) groups is 2. The largest absolute Gasteiger partial charge is 0.310 e. The van der Waals surface area contributed by atoms with E-state index in [1.54, 1.807) is 24.3 Å². The lowest BCUT2D eigenvalue weighted by molar-refractivity contribution is -0.384. The lowest BCUT2D eigenvalue weighted by Crippen LogP contribution is -2.32. The molecule has 0 unspecified atom stereocenters. The van der Waals surface area contributed by atoms with Crippen molar-refractivity contribution >= 4 is 34.5 Å². The Labute approximate surface area is 136 Å². The number of rotatable bonds is 2. The Kier molecular flexibility index (Phi) is 4.05. The minimum absolute atomic E-state index is 0.114. The predicted molar refractivity (Wildman–Crippen MR) is 89.5 cm³/mol. The quantitative estimate of drug-likeness (QED) is 0.501. The van der Waals surface area contributed by atoms with Crippen LogP contribution in [0.15, 0.2) is 52.4 Å². The second kappa shape index (κ2) is 6.15. The summed E-state index contributed by atoms with van der Waals surface area (Å²) in [5.41, 5.74) is 4.29. The van der Waals surface area contributed by atoms with Gasteiger partial charge in [-0.05, 0) is 6.07 Å². The van der Waals surface area contributed by atoms with Crippen LogP contribution < -0.4 is 11.3 Å². The third kappa shape index (κ3) is 2.79. The number of nitro groups is 1. The Morgan fingerprint density at radius 2 is 1.91 bits per heavy atom. The minimum atomic E-state index is -0.480. The monoisotopic (exact) mass is 329 g/mol. The Hall–Kier alpha value is -2.77. The number of amidine groups is 1. The van der Waals surface area contributed by atoms with Gasteiger partial charge in [-0.25, -0.2) is 10.8 Å². The molecular formula is C15H12ClN5O2. The lowest BCUT2D eigenvalue weighted by Gasteiger charge is -2.09. The van der Waals surface area contributed by atoms with Crippen LogP contribution in [0, 0.1) is 10.1 Å². The zero-order valence-corrected chi connectivity index (χ0v) is 12.6. The van der Waals surface area contributed by atoms with Crippen molar-refractivity contribution in [2.45, 2.75) is 0 Å². The van der Waals surface area contributed by atoms with Crippen LogP contribution in [0.3, 0.4) is 0 Å². The van der Waals surface area contributed by atoms with Crippen LogP contribution >= 0.6 is 11.6 Å². The molecule has 0 fully saturated rings. The van der Waals surface area contributed by atoms with Gasteiger partial charge in [-0.2, -0.15) is 0 Å². The van der Waals surface area contributed by atoms with Crippen LogP contribution in [0.1, 0.15) is 11.1 Å². The zero-order valence-electron chi connectivity index (χ0n) is 11.9. The van der Waals surface area contributed by atoms with Crippen molar-refractivity contribution in [2.75, 3.05) is 6.54 Å². The Bertz CT molecular complexity index is 848. The van der Waals surface area contributed by atoms with Crippen LogP contribution in [0.2, 0.25) is 5.02 Å². The van der Waals surface area contributed by atoms with Gasteiger partial charge < -0.3 is 5.43 Å². The summed E-state index contributed by atoms with van der Waals surface area (Å²) in [6, 6.07) is 11.9. The van der Waals surface area contributed by atoms with E-state index in [0.29, 0.717) is 27.7 Å². The number of fused-ring (bicyclic) bond motifs is 1. The molecule has 0 bridgehead atoms. The third-order valence-electron chi connectivity index (χ3n) is 3.40. The number of nitrogens with one attached hydrogen (secondary N) is 1. The van der Waals surface area contributed by atoms with E-state index in [4.69, 9.17) is 17.4 Å². The van der Waals surface area contributed by atoms with Gasteiger partial charge in [0, 0.05) is 22.2 Å². The van der Waals surface area contributed by atoms with Crippen LogP contribution in [-0.4, -0.2) is 23.0 Å². The summed E-state index contributed by atoms with van der Waals surface area (Å²) in [4.78, 5) is 19.6. The van der Waals surface area contributed by atoms with Crippen molar-refractivity contribution in [3.05, 3.63) is 68.7 Å². The average Bonchev–Trinajstić information content (AvgIpc) is 2.74. The van der Waals surface area contributed by atoms with Gasteiger partial charge in [0.1, 0.15) is 5.84 Å². The molecule has 7 nitrogen and oxygen atoms in total. The maximum Gasteiger partial charge on any atom is 0.295 e. The Balaban J connectivity index is 2.28. The van der Waals surface area contributed by atoms with Crippen LogP contribution in [0.5, 0.6) is 0 Å². The van der Waals surface area contributed by atoms with Gasteiger partial charge >= 0.3 is 0 Å². The second-order valence-corrected chi connectivity index (χ2v) is 5.19. The van der Waals surface area contributed by atoms with Gasteiger partial charge in [0.2, 0.25) is 0 Å². The molecule has 0 aromatic heterocycles. The smallest absolute Gasteiger partial charge is 0.295 e. The molecule has 1 heterocycles. The number of nitrogens with two attached hydrogens (primary N) is 1. The number of para-hydroxylation sites is 1. The van der Waals surface area contributed by atoms with Gasteiger partial charge in [-0.3, -0.25) is 15.1 Å². The fraction of sp³-hybridized carbons (Fsp3) is 0.0667. The topological polar surface area (TPSA) is 106 Å². The first-order valence-electron chi connectivity index (χ1n) is 6.73. The molecule has 3 N–H and O–H groups in total. The molecule has 3 rings (SSSR count). The van der Waals surface area contributed by atoms with E-state index in [0.717, 1.165) is 0 Å². The SMILES string of the molecule is NNC1=Nc2c(cccc2[N+](=O)[O-])C(c2ccccc2Cl)=NC1. The van der Waals surface area contributed by atoms with Crippen molar-refractivity contribution in [1.29, 1.82) is 0 Å². The van der Waals surface area contributed by atoms with Gasteiger partial charge in [-0.1, -0.05) is 41.9 Å². The molecule has 1 aliphatic rings. The minimum Gasteiger partial charge on any atom is -0.310 e. The summed E-state index contributed by atoms with van der Waals surface area (Å²) in [6.45, 7) is 0.170. The van der Waals surface area contributed by atoms with Crippen molar-refractivity contribution in [2.24, 2.45) is 15.8 Å². The number of halogens is 1. The molecule has 0 spiro atoms. The predicted octanol–water partition coefficient (Wildman–Crippen LogP) is 2.59. The van der Waals surface area contributed by atoms with E-state index in [1.165, 1.54) is 6.07 Å². The van der Waals surface area contributed by atoms with Gasteiger partial charge in [0.05, 0.1) is 17.2 Å². The van der Waals surface area contributed by atoms with Crippen molar-refractivity contribution < 1.29 is 4.92 Å². The first kappa shape index (κ1) is 15.1. The van der Waals surface area contributed by atoms with E-state index in [2.05, 4.69) is 15.4 Å². The summed E-state index contributed by atoms with van der Waals surface area (Å²) in [7, 11) is 0. The fourth-order valence-corrected chi connectivity index (χ4v) is 2.58. The average molecular weight is 330 g/mol. The summed E-state index contributed by atoms with van der Waals surface area (Å²) < 4.78 is 0. The zero-order chi connectivity index (χ0) is 16.4. The Morgan fingerprint density at radius 3 is 2.61 bits per heavy atom. The number of nitrogens with zero attached hydrogens (tertiary/aromatic N) is 3. The highest BCUT2D eigenvalue weighted by Gasteiger charge is 2.24. The molecule has 2 aromatic carbocycles. The molecule has 1 aliphatic heterocycles. The fourth-order valence-electron chi connectivity index (χ4n) is 2.36. The second-order valence-electron chi connectivity index (χ2n) is 4.78. The maximum atomic E-state index is 11.3. The number of hydrazine groups is 1.